The maximum atomic E-state index is 13.1. The van der Waals surface area contributed by atoms with Gasteiger partial charge in [0.05, 0.1) is 5.92 Å². The molecule has 9 heteroatoms. The molecular formula is C24H27N3O5S. The molecule has 1 saturated heterocycles. The van der Waals surface area contributed by atoms with Crippen molar-refractivity contribution < 1.29 is 23.9 Å². The number of thiocarbonyl (C=S) groups is 1. The second-order valence-electron chi connectivity index (χ2n) is 7.73. The van der Waals surface area contributed by atoms with Crippen LogP contribution in [0.15, 0.2) is 60.7 Å². The molecule has 2 atom stereocenters. The van der Waals surface area contributed by atoms with Gasteiger partial charge in [-0.15, -0.1) is 0 Å². The van der Waals surface area contributed by atoms with Crippen LogP contribution >= 0.6 is 12.2 Å². The van der Waals surface area contributed by atoms with E-state index in [4.69, 9.17) is 21.7 Å². The van der Waals surface area contributed by atoms with Gasteiger partial charge in [-0.25, -0.2) is 14.5 Å². The topological polar surface area (TPSA) is 88.2 Å². The van der Waals surface area contributed by atoms with Crippen LogP contribution < -0.4 is 5.32 Å². The van der Waals surface area contributed by atoms with Gasteiger partial charge in [0, 0.05) is 20.6 Å². The summed E-state index contributed by atoms with van der Waals surface area (Å²) in [5, 5.41) is 3.30. The molecule has 1 aliphatic heterocycles. The number of rotatable bonds is 7. The van der Waals surface area contributed by atoms with Crippen molar-refractivity contribution in [3.8, 4) is 0 Å². The molecule has 0 aliphatic carbocycles. The molecule has 2 aromatic rings. The Balaban J connectivity index is 1.72. The summed E-state index contributed by atoms with van der Waals surface area (Å²) in [6.07, 6.45) is -0.740. The fourth-order valence-corrected chi connectivity index (χ4v) is 3.69. The fraction of sp³-hybridized carbons (Fsp3) is 0.333. The van der Waals surface area contributed by atoms with Crippen molar-refractivity contribution >= 4 is 35.3 Å². The largest absolute Gasteiger partial charge is 0.459 e. The summed E-state index contributed by atoms with van der Waals surface area (Å²) in [7, 11) is 3.43. The van der Waals surface area contributed by atoms with Crippen molar-refractivity contribution in [2.24, 2.45) is 5.92 Å². The molecule has 1 N–H and O–H groups in total. The predicted molar refractivity (Wildman–Crippen MR) is 126 cm³/mol. The third kappa shape index (κ3) is 6.29. The highest BCUT2D eigenvalue weighted by Gasteiger charge is 2.48. The highest BCUT2D eigenvalue weighted by Crippen LogP contribution is 2.28. The Bertz CT molecular complexity index is 986. The molecule has 0 spiro atoms. The zero-order chi connectivity index (χ0) is 23.8. The number of benzene rings is 2. The van der Waals surface area contributed by atoms with E-state index < -0.39 is 29.9 Å². The first-order chi connectivity index (χ1) is 15.9. The summed E-state index contributed by atoms with van der Waals surface area (Å²) in [5.74, 6) is -1.74. The second kappa shape index (κ2) is 11.4. The Morgan fingerprint density at radius 3 is 2.12 bits per heavy atom. The number of carbonyl (C=O) groups excluding carboxylic acids is 3. The molecule has 174 valence electrons. The van der Waals surface area contributed by atoms with E-state index in [0.717, 1.165) is 16.0 Å². The van der Waals surface area contributed by atoms with Gasteiger partial charge in [0.25, 0.3) is 0 Å². The summed E-state index contributed by atoms with van der Waals surface area (Å²) in [6, 6.07) is 17.2. The lowest BCUT2D eigenvalue weighted by molar-refractivity contribution is -0.152. The number of likely N-dealkylation sites (tertiary alicyclic amines) is 1. The highest BCUT2D eigenvalue weighted by molar-refractivity contribution is 7.80. The molecule has 3 rings (SSSR count). The van der Waals surface area contributed by atoms with E-state index in [-0.39, 0.29) is 26.2 Å². The van der Waals surface area contributed by atoms with Gasteiger partial charge < -0.3 is 19.7 Å². The van der Waals surface area contributed by atoms with Crippen LogP contribution in [0.4, 0.5) is 4.79 Å². The molecular weight excluding hydrogens is 442 g/mol. The molecule has 8 nitrogen and oxygen atoms in total. The first kappa shape index (κ1) is 24.2. The molecule has 2 amide bonds. The molecule has 0 saturated carbocycles. The molecule has 1 fully saturated rings. The number of hydrogen-bond donors (Lipinski definition) is 1. The van der Waals surface area contributed by atoms with E-state index in [0.29, 0.717) is 5.11 Å². The minimum atomic E-state index is -1.06. The summed E-state index contributed by atoms with van der Waals surface area (Å²) >= 11 is 5.21. The van der Waals surface area contributed by atoms with E-state index in [1.54, 1.807) is 31.1 Å². The Kier molecular flexibility index (Phi) is 8.37. The third-order valence-corrected chi connectivity index (χ3v) is 5.87. The Morgan fingerprint density at radius 2 is 1.58 bits per heavy atom. The fourth-order valence-electron chi connectivity index (χ4n) is 3.62. The van der Waals surface area contributed by atoms with Crippen molar-refractivity contribution in [2.75, 3.05) is 20.6 Å². The summed E-state index contributed by atoms with van der Waals surface area (Å²) < 4.78 is 10.8. The maximum absolute atomic E-state index is 13.1. The van der Waals surface area contributed by atoms with Gasteiger partial charge in [0.1, 0.15) is 19.3 Å². The van der Waals surface area contributed by atoms with Crippen LogP contribution in [0.3, 0.4) is 0 Å². The van der Waals surface area contributed by atoms with Crippen molar-refractivity contribution in [3.63, 3.8) is 0 Å². The smallest absolute Gasteiger partial charge is 0.417 e. The standard InChI is InChI=1S/C24H27N3O5S/c1-25-23(33)26(2)14-19-13-20(22(29)31-15-17-9-5-3-6-10-17)27(21(19)28)24(30)32-16-18-11-7-4-8-12-18/h3-12,19-20H,13-16H2,1-2H3,(H,25,33)/t19-,20-/m0/s1. The van der Waals surface area contributed by atoms with Crippen molar-refractivity contribution in [1.82, 2.24) is 15.1 Å². The van der Waals surface area contributed by atoms with Crippen molar-refractivity contribution in [3.05, 3.63) is 71.8 Å². The predicted octanol–water partition coefficient (Wildman–Crippen LogP) is 2.72. The van der Waals surface area contributed by atoms with Gasteiger partial charge in [-0.05, 0) is 29.8 Å². The lowest BCUT2D eigenvalue weighted by Crippen LogP contribution is -2.45. The number of carbonyl (C=O) groups is 3. The number of amides is 2. The normalized spacial score (nSPS) is 17.4. The van der Waals surface area contributed by atoms with Gasteiger partial charge in [-0.2, -0.15) is 0 Å². The summed E-state index contributed by atoms with van der Waals surface area (Å²) in [5.41, 5.74) is 1.58. The van der Waals surface area contributed by atoms with E-state index in [1.165, 1.54) is 0 Å². The SMILES string of the molecule is CNC(=S)N(C)C[C@@H]1C[C@@H](C(=O)OCc2ccccc2)N(C(=O)OCc2ccccc2)C1=O. The van der Waals surface area contributed by atoms with E-state index in [2.05, 4.69) is 5.32 Å². The zero-order valence-electron chi connectivity index (χ0n) is 18.6. The first-order valence-corrected chi connectivity index (χ1v) is 11.0. The second-order valence-corrected chi connectivity index (χ2v) is 8.11. The van der Waals surface area contributed by atoms with Crippen molar-refractivity contribution in [1.29, 1.82) is 0 Å². The minimum Gasteiger partial charge on any atom is -0.459 e. The van der Waals surface area contributed by atoms with E-state index in [9.17, 15) is 14.4 Å². The molecule has 2 aromatic carbocycles. The molecule has 0 aromatic heterocycles. The van der Waals surface area contributed by atoms with Gasteiger partial charge in [0.2, 0.25) is 5.91 Å². The molecule has 0 bridgehead atoms. The number of imide groups is 1. The van der Waals surface area contributed by atoms with Gasteiger partial charge >= 0.3 is 12.1 Å². The highest BCUT2D eigenvalue weighted by atomic mass is 32.1. The first-order valence-electron chi connectivity index (χ1n) is 10.6. The van der Waals surface area contributed by atoms with Gasteiger partial charge in [-0.3, -0.25) is 4.79 Å². The van der Waals surface area contributed by atoms with Crippen LogP contribution in [0.25, 0.3) is 0 Å². The van der Waals surface area contributed by atoms with Gasteiger partial charge in [-0.1, -0.05) is 60.7 Å². The molecule has 0 radical (unpaired) electrons. The average molecular weight is 470 g/mol. The quantitative estimate of drug-likeness (QED) is 0.489. The lowest BCUT2D eigenvalue weighted by atomic mass is 10.0. The van der Waals surface area contributed by atoms with Crippen LogP contribution in [0.2, 0.25) is 0 Å². The van der Waals surface area contributed by atoms with E-state index >= 15 is 0 Å². The summed E-state index contributed by atoms with van der Waals surface area (Å²) in [4.78, 5) is 41.5. The number of hydrogen-bond acceptors (Lipinski definition) is 6. The van der Waals surface area contributed by atoms with Crippen LogP contribution in [0, 0.1) is 5.92 Å². The molecule has 1 aliphatic rings. The molecule has 1 heterocycles. The Labute approximate surface area is 198 Å². The number of esters is 1. The van der Waals surface area contributed by atoms with Crippen molar-refractivity contribution in [2.45, 2.75) is 25.7 Å². The molecule has 33 heavy (non-hydrogen) atoms. The Morgan fingerprint density at radius 1 is 1.03 bits per heavy atom. The number of nitrogens with one attached hydrogen (secondary N) is 1. The third-order valence-electron chi connectivity index (χ3n) is 5.36. The minimum absolute atomic E-state index is 0.0103. The number of nitrogens with zero attached hydrogens (tertiary/aromatic N) is 2. The van der Waals surface area contributed by atoms with Crippen LogP contribution in [0.5, 0.6) is 0 Å². The monoisotopic (exact) mass is 469 g/mol. The van der Waals surface area contributed by atoms with Crippen LogP contribution in [-0.2, 0) is 32.3 Å². The summed E-state index contributed by atoms with van der Waals surface area (Å²) in [6.45, 7) is 0.290. The maximum Gasteiger partial charge on any atom is 0.417 e. The van der Waals surface area contributed by atoms with Crippen LogP contribution in [-0.4, -0.2) is 59.6 Å². The Hall–Kier alpha value is -3.46. The van der Waals surface area contributed by atoms with E-state index in [1.807, 2.05) is 48.5 Å². The zero-order valence-corrected chi connectivity index (χ0v) is 19.4. The number of ether oxygens (including phenoxy) is 2. The average Bonchev–Trinajstić information content (AvgIpc) is 3.17. The van der Waals surface area contributed by atoms with Crippen LogP contribution in [0.1, 0.15) is 17.5 Å². The van der Waals surface area contributed by atoms with Gasteiger partial charge in [0.15, 0.2) is 5.11 Å². The molecule has 0 unspecified atom stereocenters. The lowest BCUT2D eigenvalue weighted by Gasteiger charge is -2.22.